The van der Waals surface area contributed by atoms with Crippen LogP contribution < -0.4 is 10.5 Å². The fourth-order valence-electron chi connectivity index (χ4n) is 2.10. The van der Waals surface area contributed by atoms with Crippen molar-refractivity contribution < 1.29 is 13.5 Å². The number of hydrogen-bond acceptors (Lipinski definition) is 2. The van der Waals surface area contributed by atoms with Crippen molar-refractivity contribution in [3.8, 4) is 11.5 Å². The minimum Gasteiger partial charge on any atom is -0.454 e. The lowest BCUT2D eigenvalue weighted by Crippen LogP contribution is -2.06. The zero-order valence-corrected chi connectivity index (χ0v) is 13.4. The molecule has 2 rings (SSSR count). The molecule has 0 fully saturated rings. The predicted octanol–water partition coefficient (Wildman–Crippen LogP) is 5.52. The summed E-state index contributed by atoms with van der Waals surface area (Å²) in [6, 6.07) is 6.70. The van der Waals surface area contributed by atoms with Crippen LogP contribution in [0.25, 0.3) is 0 Å². The smallest absolute Gasteiger partial charge is 0.167 e. The van der Waals surface area contributed by atoms with E-state index >= 15 is 0 Å². The van der Waals surface area contributed by atoms with Crippen LogP contribution >= 0.6 is 23.2 Å². The molecule has 1 unspecified atom stereocenters. The third-order valence-electron chi connectivity index (χ3n) is 3.30. The van der Waals surface area contributed by atoms with Crippen LogP contribution in [0.15, 0.2) is 30.3 Å². The molecule has 0 aliphatic heterocycles. The lowest BCUT2D eigenvalue weighted by Gasteiger charge is -2.17. The first-order valence-electron chi connectivity index (χ1n) is 6.74. The van der Waals surface area contributed by atoms with Crippen LogP contribution in [0.4, 0.5) is 8.78 Å². The first-order valence-corrected chi connectivity index (χ1v) is 7.50. The fraction of sp³-hybridized carbons (Fsp3) is 0.250. The molecule has 0 aromatic heterocycles. The molecule has 1 atom stereocenters. The van der Waals surface area contributed by atoms with Crippen molar-refractivity contribution in [2.75, 3.05) is 6.54 Å². The van der Waals surface area contributed by atoms with Crippen LogP contribution in [0.2, 0.25) is 10.0 Å². The summed E-state index contributed by atoms with van der Waals surface area (Å²) >= 11 is 11.5. The molecule has 0 bridgehead atoms. The Morgan fingerprint density at radius 2 is 1.82 bits per heavy atom. The molecule has 0 saturated heterocycles. The molecule has 0 aliphatic carbocycles. The van der Waals surface area contributed by atoms with Gasteiger partial charge in [-0.2, -0.15) is 0 Å². The molecule has 22 heavy (non-hydrogen) atoms. The molecule has 118 valence electrons. The van der Waals surface area contributed by atoms with E-state index in [0.29, 0.717) is 24.3 Å². The van der Waals surface area contributed by atoms with Crippen LogP contribution in [0.1, 0.15) is 24.8 Å². The lowest BCUT2D eigenvalue weighted by atomic mass is 9.96. The van der Waals surface area contributed by atoms with Gasteiger partial charge >= 0.3 is 0 Å². The molecule has 2 N–H and O–H groups in total. The molecule has 0 radical (unpaired) electrons. The zero-order valence-electron chi connectivity index (χ0n) is 11.9. The fourth-order valence-corrected chi connectivity index (χ4v) is 2.41. The van der Waals surface area contributed by atoms with E-state index in [-0.39, 0.29) is 21.7 Å². The minimum absolute atomic E-state index is 0.00623. The van der Waals surface area contributed by atoms with Gasteiger partial charge in [0.25, 0.3) is 0 Å². The van der Waals surface area contributed by atoms with Gasteiger partial charge < -0.3 is 10.5 Å². The Kier molecular flexibility index (Phi) is 5.62. The van der Waals surface area contributed by atoms with E-state index in [1.807, 2.05) is 6.92 Å². The number of ether oxygens (including phenoxy) is 1. The normalized spacial score (nSPS) is 12.3. The van der Waals surface area contributed by atoms with Crippen molar-refractivity contribution in [3.05, 3.63) is 57.6 Å². The largest absolute Gasteiger partial charge is 0.454 e. The van der Waals surface area contributed by atoms with Crippen molar-refractivity contribution in [2.45, 2.75) is 19.3 Å². The monoisotopic (exact) mass is 345 g/mol. The second-order valence-corrected chi connectivity index (χ2v) is 5.80. The van der Waals surface area contributed by atoms with Crippen molar-refractivity contribution in [1.29, 1.82) is 0 Å². The highest BCUT2D eigenvalue weighted by Gasteiger charge is 2.17. The molecule has 0 aliphatic rings. The Morgan fingerprint density at radius 3 is 2.45 bits per heavy atom. The topological polar surface area (TPSA) is 35.2 Å². The SMILES string of the molecule is CC(CCN)c1cc(F)c(Cl)cc1Oc1ccc(Cl)cc1F. The summed E-state index contributed by atoms with van der Waals surface area (Å²) in [6.45, 7) is 2.33. The van der Waals surface area contributed by atoms with Gasteiger partial charge in [-0.3, -0.25) is 0 Å². The minimum atomic E-state index is -0.606. The van der Waals surface area contributed by atoms with Crippen LogP contribution in [0.5, 0.6) is 11.5 Å². The molecule has 0 heterocycles. The summed E-state index contributed by atoms with van der Waals surface area (Å²) in [7, 11) is 0. The van der Waals surface area contributed by atoms with E-state index in [9.17, 15) is 8.78 Å². The molecular weight excluding hydrogens is 331 g/mol. The van der Waals surface area contributed by atoms with Crippen LogP contribution in [0, 0.1) is 11.6 Å². The quantitative estimate of drug-likeness (QED) is 0.774. The van der Waals surface area contributed by atoms with E-state index in [0.717, 1.165) is 6.07 Å². The molecule has 2 aromatic carbocycles. The van der Waals surface area contributed by atoms with Crippen LogP contribution in [0.3, 0.4) is 0 Å². The average molecular weight is 346 g/mol. The summed E-state index contributed by atoms with van der Waals surface area (Å²) in [6.07, 6.45) is 0.639. The first kappa shape index (κ1) is 17.0. The van der Waals surface area contributed by atoms with Gasteiger partial charge in [0.2, 0.25) is 0 Å². The van der Waals surface area contributed by atoms with Crippen LogP contribution in [-0.4, -0.2) is 6.54 Å². The van der Waals surface area contributed by atoms with Gasteiger partial charge in [0.1, 0.15) is 11.6 Å². The molecular formula is C16H15Cl2F2NO. The molecule has 6 heteroatoms. The molecule has 2 nitrogen and oxygen atoms in total. The van der Waals surface area contributed by atoms with Gasteiger partial charge in [-0.15, -0.1) is 0 Å². The zero-order chi connectivity index (χ0) is 16.3. The van der Waals surface area contributed by atoms with Gasteiger partial charge in [-0.1, -0.05) is 30.1 Å². The van der Waals surface area contributed by atoms with E-state index in [1.54, 1.807) is 0 Å². The van der Waals surface area contributed by atoms with Crippen molar-refractivity contribution >= 4 is 23.2 Å². The molecule has 0 saturated carbocycles. The maximum atomic E-state index is 13.9. The molecule has 0 amide bonds. The highest BCUT2D eigenvalue weighted by molar-refractivity contribution is 6.31. The van der Waals surface area contributed by atoms with Gasteiger partial charge in [0, 0.05) is 16.7 Å². The van der Waals surface area contributed by atoms with Gasteiger partial charge in [0.05, 0.1) is 5.02 Å². The number of rotatable bonds is 5. The third kappa shape index (κ3) is 3.88. The maximum Gasteiger partial charge on any atom is 0.167 e. The summed E-state index contributed by atoms with van der Waals surface area (Å²) in [5.74, 6) is -0.918. The lowest BCUT2D eigenvalue weighted by molar-refractivity contribution is 0.432. The standard InChI is InChI=1S/C16H15Cl2F2NO/c1-9(4-5-21)11-7-13(19)12(18)8-16(11)22-15-3-2-10(17)6-14(15)20/h2-3,6-9H,4-5,21H2,1H3. The Hall–Kier alpha value is -1.36. The van der Waals surface area contributed by atoms with Crippen LogP contribution in [-0.2, 0) is 0 Å². The molecule has 2 aromatic rings. The van der Waals surface area contributed by atoms with Gasteiger partial charge in [-0.05, 0) is 43.1 Å². The Morgan fingerprint density at radius 1 is 1.09 bits per heavy atom. The Labute approximate surface area is 137 Å². The highest BCUT2D eigenvalue weighted by Crippen LogP contribution is 2.36. The number of nitrogens with two attached hydrogens (primary N) is 1. The number of halogens is 4. The Bertz CT molecular complexity index is 679. The second kappa shape index (κ2) is 7.27. The van der Waals surface area contributed by atoms with E-state index < -0.39 is 11.6 Å². The second-order valence-electron chi connectivity index (χ2n) is 4.96. The first-order chi connectivity index (χ1) is 10.4. The maximum absolute atomic E-state index is 13.9. The van der Waals surface area contributed by atoms with Crippen molar-refractivity contribution in [2.24, 2.45) is 5.73 Å². The van der Waals surface area contributed by atoms with Crippen molar-refractivity contribution in [1.82, 2.24) is 0 Å². The summed E-state index contributed by atoms with van der Waals surface area (Å²) in [5, 5.41) is 0.173. The molecule has 0 spiro atoms. The highest BCUT2D eigenvalue weighted by atomic mass is 35.5. The van der Waals surface area contributed by atoms with E-state index in [1.165, 1.54) is 24.3 Å². The predicted molar refractivity (Wildman–Crippen MR) is 85.0 cm³/mol. The summed E-state index contributed by atoms with van der Waals surface area (Å²) in [4.78, 5) is 0. The average Bonchev–Trinajstić information content (AvgIpc) is 2.45. The van der Waals surface area contributed by atoms with Gasteiger partial charge in [-0.25, -0.2) is 8.78 Å². The number of hydrogen-bond donors (Lipinski definition) is 1. The number of benzene rings is 2. The van der Waals surface area contributed by atoms with Crippen molar-refractivity contribution in [3.63, 3.8) is 0 Å². The van der Waals surface area contributed by atoms with E-state index in [2.05, 4.69) is 0 Å². The van der Waals surface area contributed by atoms with E-state index in [4.69, 9.17) is 33.7 Å². The third-order valence-corrected chi connectivity index (χ3v) is 3.82. The Balaban J connectivity index is 2.42. The summed E-state index contributed by atoms with van der Waals surface area (Å²) < 4.78 is 33.2. The summed E-state index contributed by atoms with van der Waals surface area (Å²) in [5.41, 5.74) is 6.13. The van der Waals surface area contributed by atoms with Gasteiger partial charge in [0.15, 0.2) is 11.6 Å².